The Morgan fingerprint density at radius 3 is 1.94 bits per heavy atom. The van der Waals surface area contributed by atoms with Crippen molar-refractivity contribution in [2.45, 2.75) is 26.2 Å². The van der Waals surface area contributed by atoms with Gasteiger partial charge in [-0.3, -0.25) is 0 Å². The minimum atomic E-state index is -3.32. The van der Waals surface area contributed by atoms with Crippen LogP contribution in [0.25, 0.3) is 17.0 Å². The summed E-state index contributed by atoms with van der Waals surface area (Å²) in [6.07, 6.45) is -2.45. The third-order valence-electron chi connectivity index (χ3n) is 5.22. The fourth-order valence-corrected chi connectivity index (χ4v) is 3.41. The van der Waals surface area contributed by atoms with Gasteiger partial charge in [-0.05, 0) is 54.7 Å². The monoisotopic (exact) mass is 482 g/mol. The largest absolute Gasteiger partial charge is 0.375 e. The number of aryl methyl sites for hydroxylation is 2. The first-order valence-electron chi connectivity index (χ1n) is 10.5. The van der Waals surface area contributed by atoms with Gasteiger partial charge in [0.1, 0.15) is 24.1 Å². The zero-order valence-electron chi connectivity index (χ0n) is 18.2. The molecule has 0 aliphatic heterocycles. The maximum absolute atomic E-state index is 14.6. The summed E-state index contributed by atoms with van der Waals surface area (Å²) in [7, 11) is 0. The first-order chi connectivity index (χ1) is 16.2. The van der Waals surface area contributed by atoms with Gasteiger partial charge >= 0.3 is 0 Å². The summed E-state index contributed by atoms with van der Waals surface area (Å²) < 4.78 is 100. The molecule has 180 valence electrons. The minimum Gasteiger partial charge on any atom is -0.375 e. The molecule has 3 aromatic carbocycles. The molecule has 0 N–H and O–H groups in total. The van der Waals surface area contributed by atoms with Crippen LogP contribution in [0.3, 0.4) is 0 Å². The van der Waals surface area contributed by atoms with Crippen LogP contribution in [0.2, 0.25) is 0 Å². The average molecular weight is 482 g/mol. The van der Waals surface area contributed by atoms with Gasteiger partial charge in [0.15, 0.2) is 11.7 Å². The molecule has 0 saturated carbocycles. The number of hydrogen-bond donors (Lipinski definition) is 0. The predicted molar refractivity (Wildman–Crippen MR) is 116 cm³/mol. The highest BCUT2D eigenvalue weighted by Crippen LogP contribution is 2.32. The third kappa shape index (κ3) is 6.05. The van der Waals surface area contributed by atoms with E-state index < -0.39 is 47.7 Å². The van der Waals surface area contributed by atoms with Gasteiger partial charge in [-0.15, -0.1) is 0 Å². The molecule has 0 unspecified atom stereocenters. The van der Waals surface area contributed by atoms with Crippen molar-refractivity contribution >= 4 is 5.83 Å². The molecular formula is C26H21F7O. The van der Waals surface area contributed by atoms with Crippen LogP contribution in [0.1, 0.15) is 35.6 Å². The molecule has 34 heavy (non-hydrogen) atoms. The van der Waals surface area contributed by atoms with E-state index in [1.165, 1.54) is 24.3 Å². The van der Waals surface area contributed by atoms with Crippen molar-refractivity contribution in [1.29, 1.82) is 0 Å². The van der Waals surface area contributed by atoms with Gasteiger partial charge in [0, 0.05) is 17.7 Å². The van der Waals surface area contributed by atoms with Crippen LogP contribution in [-0.4, -0.2) is 13.2 Å². The summed E-state index contributed by atoms with van der Waals surface area (Å²) in [5.41, 5.74) is -0.191. The lowest BCUT2D eigenvalue weighted by Gasteiger charge is -2.10. The number of rotatable bonds is 9. The van der Waals surface area contributed by atoms with E-state index in [4.69, 9.17) is 4.74 Å². The lowest BCUT2D eigenvalue weighted by Crippen LogP contribution is -1.99. The number of alkyl halides is 2. The molecule has 0 saturated heterocycles. The van der Waals surface area contributed by atoms with E-state index in [1.54, 1.807) is 25.1 Å². The summed E-state index contributed by atoms with van der Waals surface area (Å²) >= 11 is 0. The van der Waals surface area contributed by atoms with Crippen molar-refractivity contribution in [3.63, 3.8) is 0 Å². The molecule has 0 amide bonds. The van der Waals surface area contributed by atoms with Crippen molar-refractivity contribution in [2.75, 3.05) is 13.2 Å². The molecule has 3 aromatic rings. The Hall–Kier alpha value is -3.13. The summed E-state index contributed by atoms with van der Waals surface area (Å²) in [4.78, 5) is 0. The molecule has 8 heteroatoms. The van der Waals surface area contributed by atoms with E-state index in [9.17, 15) is 30.7 Å². The maximum Gasteiger partial charge on any atom is 0.269 e. The van der Waals surface area contributed by atoms with Gasteiger partial charge in [-0.2, -0.15) is 0 Å². The Labute approximate surface area is 192 Å². The smallest absolute Gasteiger partial charge is 0.269 e. The molecule has 0 heterocycles. The Kier molecular flexibility index (Phi) is 8.50. The van der Waals surface area contributed by atoms with Crippen LogP contribution in [0.15, 0.2) is 60.4 Å². The second-order valence-corrected chi connectivity index (χ2v) is 7.52. The second kappa shape index (κ2) is 11.3. The summed E-state index contributed by atoms with van der Waals surface area (Å²) in [6, 6.07) is 11.6. The summed E-state index contributed by atoms with van der Waals surface area (Å²) in [5, 5.41) is 0. The Morgan fingerprint density at radius 2 is 1.38 bits per heavy atom. The van der Waals surface area contributed by atoms with Crippen LogP contribution >= 0.6 is 0 Å². The number of hydrogen-bond acceptors (Lipinski definition) is 1. The van der Waals surface area contributed by atoms with Crippen LogP contribution in [0.5, 0.6) is 0 Å². The van der Waals surface area contributed by atoms with Crippen molar-refractivity contribution in [3.05, 3.63) is 100 Å². The highest BCUT2D eigenvalue weighted by Gasteiger charge is 2.21. The lowest BCUT2D eigenvalue weighted by molar-refractivity contribution is 0.141. The SMILES string of the molecule is CCOCC(F)=C(F)c1ccc(CCc2ccc(-c3cc(F)c(C(F)F)c(F)c3)c(F)c2)cc1. The van der Waals surface area contributed by atoms with Gasteiger partial charge < -0.3 is 4.74 Å². The highest BCUT2D eigenvalue weighted by atomic mass is 19.3. The van der Waals surface area contributed by atoms with E-state index in [1.807, 2.05) is 0 Å². The van der Waals surface area contributed by atoms with Crippen molar-refractivity contribution in [1.82, 2.24) is 0 Å². The highest BCUT2D eigenvalue weighted by molar-refractivity contribution is 5.65. The van der Waals surface area contributed by atoms with E-state index in [2.05, 4.69) is 0 Å². The number of ether oxygens (including phenoxy) is 1. The average Bonchev–Trinajstić information content (AvgIpc) is 2.80. The molecule has 0 fully saturated rings. The topological polar surface area (TPSA) is 9.23 Å². The van der Waals surface area contributed by atoms with Crippen LogP contribution in [0.4, 0.5) is 30.7 Å². The third-order valence-corrected chi connectivity index (χ3v) is 5.22. The van der Waals surface area contributed by atoms with Crippen molar-refractivity contribution in [2.24, 2.45) is 0 Å². The molecule has 0 atom stereocenters. The van der Waals surface area contributed by atoms with Crippen LogP contribution < -0.4 is 0 Å². The van der Waals surface area contributed by atoms with E-state index in [0.29, 0.717) is 30.5 Å². The fraction of sp³-hybridized carbons (Fsp3) is 0.231. The van der Waals surface area contributed by atoms with Crippen LogP contribution in [-0.2, 0) is 17.6 Å². The Morgan fingerprint density at radius 1 is 0.794 bits per heavy atom. The number of halogens is 7. The number of benzene rings is 3. The molecular weight excluding hydrogens is 461 g/mol. The second-order valence-electron chi connectivity index (χ2n) is 7.52. The first-order valence-corrected chi connectivity index (χ1v) is 10.5. The normalized spacial score (nSPS) is 12.3. The zero-order chi connectivity index (χ0) is 24.8. The Balaban J connectivity index is 1.70. The van der Waals surface area contributed by atoms with Gasteiger partial charge in [0.25, 0.3) is 6.43 Å². The lowest BCUT2D eigenvalue weighted by atomic mass is 9.98. The fourth-order valence-electron chi connectivity index (χ4n) is 3.41. The van der Waals surface area contributed by atoms with Gasteiger partial charge in [-0.25, -0.2) is 30.7 Å². The quantitative estimate of drug-likeness (QED) is 0.280. The summed E-state index contributed by atoms with van der Waals surface area (Å²) in [6.45, 7) is 1.49. The van der Waals surface area contributed by atoms with Gasteiger partial charge in [-0.1, -0.05) is 36.4 Å². The summed E-state index contributed by atoms with van der Waals surface area (Å²) in [5.74, 6) is -5.63. The molecule has 0 aliphatic rings. The van der Waals surface area contributed by atoms with Gasteiger partial charge in [0.2, 0.25) is 0 Å². The minimum absolute atomic E-state index is 0.0775. The van der Waals surface area contributed by atoms with E-state index in [-0.39, 0.29) is 23.3 Å². The first kappa shape index (κ1) is 25.5. The predicted octanol–water partition coefficient (Wildman–Crippen LogP) is 8.14. The molecule has 1 nitrogen and oxygen atoms in total. The molecule has 3 rings (SSSR count). The molecule has 0 bridgehead atoms. The molecule has 0 aromatic heterocycles. The van der Waals surface area contributed by atoms with Crippen molar-refractivity contribution < 1.29 is 35.5 Å². The van der Waals surface area contributed by atoms with E-state index >= 15 is 0 Å². The van der Waals surface area contributed by atoms with Crippen molar-refractivity contribution in [3.8, 4) is 11.1 Å². The molecule has 0 spiro atoms. The standard InChI is InChI=1S/C26H21F7O/c1-2-34-14-23(30)25(31)17-8-5-15(6-9-17)3-4-16-7-10-19(20(27)11-16)18-12-21(28)24(26(32)33)22(29)13-18/h5-13,26H,2-4,14H2,1H3. The van der Waals surface area contributed by atoms with E-state index in [0.717, 1.165) is 5.56 Å². The molecule has 0 radical (unpaired) electrons. The maximum atomic E-state index is 14.6. The molecule has 0 aliphatic carbocycles. The van der Waals surface area contributed by atoms with Gasteiger partial charge in [0.05, 0.1) is 5.56 Å². The van der Waals surface area contributed by atoms with Crippen LogP contribution in [0, 0.1) is 17.5 Å². The zero-order valence-corrected chi connectivity index (χ0v) is 18.2. The Bertz CT molecular complexity index is 1150.